The lowest BCUT2D eigenvalue weighted by Crippen LogP contribution is -2.45. The summed E-state index contributed by atoms with van der Waals surface area (Å²) in [6, 6.07) is 9.01. The summed E-state index contributed by atoms with van der Waals surface area (Å²) in [6.07, 6.45) is 6.81. The molecule has 0 saturated heterocycles. The minimum Gasteiger partial charge on any atom is -0.310 e. The third-order valence-corrected chi connectivity index (χ3v) is 4.48. The number of hydrogen-bond donors (Lipinski definition) is 1. The zero-order valence-corrected chi connectivity index (χ0v) is 9.42. The summed E-state index contributed by atoms with van der Waals surface area (Å²) in [5.74, 6) is 0.841. The lowest BCUT2D eigenvalue weighted by molar-refractivity contribution is 0.171. The molecule has 80 valence electrons. The molecule has 0 radical (unpaired) electrons. The van der Waals surface area contributed by atoms with E-state index in [2.05, 4.69) is 36.6 Å². The smallest absolute Gasteiger partial charge is 0.0466 e. The third-order valence-electron chi connectivity index (χ3n) is 4.48. The molecule has 0 aromatic heterocycles. The first-order chi connectivity index (χ1) is 7.37. The van der Waals surface area contributed by atoms with E-state index < -0.39 is 0 Å². The molecule has 1 fully saturated rings. The Morgan fingerprint density at radius 2 is 2.13 bits per heavy atom. The first-order valence-electron chi connectivity index (χ1n) is 6.14. The molecule has 1 aromatic carbocycles. The Morgan fingerprint density at radius 3 is 3.00 bits per heavy atom. The van der Waals surface area contributed by atoms with Crippen molar-refractivity contribution in [3.05, 3.63) is 35.4 Å². The highest BCUT2D eigenvalue weighted by Gasteiger charge is 2.46. The summed E-state index contributed by atoms with van der Waals surface area (Å²) in [4.78, 5) is 0. The van der Waals surface area contributed by atoms with Gasteiger partial charge in [0.25, 0.3) is 0 Å². The fourth-order valence-electron chi connectivity index (χ4n) is 3.74. The first kappa shape index (κ1) is 9.41. The Morgan fingerprint density at radius 1 is 1.27 bits per heavy atom. The van der Waals surface area contributed by atoms with Crippen LogP contribution in [0, 0.1) is 5.92 Å². The highest BCUT2D eigenvalue weighted by atomic mass is 15.3. The predicted octanol–water partition coefficient (Wildman–Crippen LogP) is 2.85. The van der Waals surface area contributed by atoms with E-state index in [0.717, 1.165) is 5.92 Å². The molecule has 1 aromatic rings. The largest absolute Gasteiger partial charge is 0.310 e. The van der Waals surface area contributed by atoms with Crippen molar-refractivity contribution in [3.8, 4) is 0 Å². The highest BCUT2D eigenvalue weighted by molar-refractivity contribution is 5.40. The normalized spacial score (nSPS) is 33.5. The second-order valence-corrected chi connectivity index (χ2v) is 5.03. The van der Waals surface area contributed by atoms with Crippen LogP contribution < -0.4 is 5.32 Å². The van der Waals surface area contributed by atoms with E-state index in [1.54, 1.807) is 11.1 Å². The van der Waals surface area contributed by atoms with Crippen LogP contribution in [0.1, 0.15) is 36.8 Å². The molecule has 2 atom stereocenters. The maximum Gasteiger partial charge on any atom is 0.0466 e. The van der Waals surface area contributed by atoms with Gasteiger partial charge in [-0.2, -0.15) is 0 Å². The van der Waals surface area contributed by atoms with Crippen LogP contribution in [0.3, 0.4) is 0 Å². The number of benzene rings is 1. The number of nitrogens with one attached hydrogen (secondary N) is 1. The summed E-state index contributed by atoms with van der Waals surface area (Å²) < 4.78 is 0. The summed E-state index contributed by atoms with van der Waals surface area (Å²) >= 11 is 0. The fraction of sp³-hybridized carbons (Fsp3) is 0.571. The van der Waals surface area contributed by atoms with Gasteiger partial charge in [-0.05, 0) is 43.4 Å². The van der Waals surface area contributed by atoms with Gasteiger partial charge in [0.1, 0.15) is 0 Å². The van der Waals surface area contributed by atoms with Crippen molar-refractivity contribution in [2.45, 2.75) is 37.6 Å². The molecule has 2 aliphatic carbocycles. The summed E-state index contributed by atoms with van der Waals surface area (Å²) in [5.41, 5.74) is 3.48. The Labute approximate surface area is 91.9 Å². The predicted molar refractivity (Wildman–Crippen MR) is 62.8 cm³/mol. The summed E-state index contributed by atoms with van der Waals surface area (Å²) in [7, 11) is 2.14. The minimum absolute atomic E-state index is 0.314. The maximum atomic E-state index is 3.64. The summed E-state index contributed by atoms with van der Waals surface area (Å²) in [5, 5.41) is 3.64. The van der Waals surface area contributed by atoms with Crippen molar-refractivity contribution >= 4 is 0 Å². The lowest BCUT2D eigenvalue weighted by atomic mass is 9.73. The van der Waals surface area contributed by atoms with Crippen molar-refractivity contribution in [3.63, 3.8) is 0 Å². The van der Waals surface area contributed by atoms with Gasteiger partial charge >= 0.3 is 0 Å². The van der Waals surface area contributed by atoms with E-state index >= 15 is 0 Å². The van der Waals surface area contributed by atoms with Crippen LogP contribution in [-0.4, -0.2) is 7.05 Å². The molecule has 15 heavy (non-hydrogen) atoms. The average molecular weight is 203 g/mol. The molecule has 0 amide bonds. The standard InChI is InChI=1S/C14H19N/c1-15-14-9-5-4-7-12(14)10-11-6-2-3-8-13(11)14/h2-3,6,8,12,15H,4-5,7,9-10H2,1H3/i1+2. The van der Waals surface area contributed by atoms with E-state index in [-0.39, 0.29) is 0 Å². The van der Waals surface area contributed by atoms with Crippen molar-refractivity contribution in [2.75, 3.05) is 7.05 Å². The molecule has 3 rings (SSSR count). The SMILES string of the molecule is [14CH3]NC12CCCCC1Cc1ccccc12. The van der Waals surface area contributed by atoms with Gasteiger partial charge in [0.15, 0.2) is 0 Å². The molecule has 0 heterocycles. The van der Waals surface area contributed by atoms with E-state index in [4.69, 9.17) is 0 Å². The zero-order valence-electron chi connectivity index (χ0n) is 9.42. The van der Waals surface area contributed by atoms with Crippen LogP contribution in [0.15, 0.2) is 24.3 Å². The van der Waals surface area contributed by atoms with Crippen LogP contribution in [0.2, 0.25) is 0 Å². The monoisotopic (exact) mass is 203 g/mol. The molecule has 1 nitrogen and oxygen atoms in total. The number of rotatable bonds is 1. The molecule has 1 N–H and O–H groups in total. The van der Waals surface area contributed by atoms with Crippen molar-refractivity contribution in [1.29, 1.82) is 0 Å². The van der Waals surface area contributed by atoms with Crippen molar-refractivity contribution in [2.24, 2.45) is 5.92 Å². The first-order valence-corrected chi connectivity index (χ1v) is 6.14. The third kappa shape index (κ3) is 1.19. The van der Waals surface area contributed by atoms with Gasteiger partial charge in [0.05, 0.1) is 0 Å². The highest BCUT2D eigenvalue weighted by Crippen LogP contribution is 2.49. The average Bonchev–Trinajstić information content (AvgIpc) is 2.64. The zero-order chi connectivity index (χ0) is 10.3. The van der Waals surface area contributed by atoms with Crippen LogP contribution in [0.25, 0.3) is 0 Å². The Kier molecular flexibility index (Phi) is 2.10. The summed E-state index contributed by atoms with van der Waals surface area (Å²) in [6.45, 7) is 0. The Bertz CT molecular complexity index is 371. The lowest BCUT2D eigenvalue weighted by Gasteiger charge is -2.40. The van der Waals surface area contributed by atoms with Gasteiger partial charge in [-0.1, -0.05) is 37.1 Å². The van der Waals surface area contributed by atoms with E-state index in [9.17, 15) is 0 Å². The molecule has 0 aliphatic heterocycles. The van der Waals surface area contributed by atoms with E-state index in [0.29, 0.717) is 5.54 Å². The van der Waals surface area contributed by atoms with E-state index in [1.807, 2.05) is 0 Å². The van der Waals surface area contributed by atoms with Gasteiger partial charge in [-0.25, -0.2) is 0 Å². The minimum atomic E-state index is 0.314. The number of fused-ring (bicyclic) bond motifs is 3. The van der Waals surface area contributed by atoms with Crippen LogP contribution in [0.5, 0.6) is 0 Å². The molecular formula is C14H19N. The van der Waals surface area contributed by atoms with Gasteiger partial charge in [0.2, 0.25) is 0 Å². The van der Waals surface area contributed by atoms with Crippen molar-refractivity contribution in [1.82, 2.24) is 5.32 Å². The Balaban J connectivity index is 2.11. The molecule has 1 saturated carbocycles. The Hall–Kier alpha value is -0.820. The van der Waals surface area contributed by atoms with Gasteiger partial charge in [0, 0.05) is 5.54 Å². The topological polar surface area (TPSA) is 12.0 Å². The number of hydrogen-bond acceptors (Lipinski definition) is 1. The van der Waals surface area contributed by atoms with Crippen LogP contribution in [0.4, 0.5) is 0 Å². The molecule has 0 spiro atoms. The van der Waals surface area contributed by atoms with Gasteiger partial charge < -0.3 is 5.32 Å². The molecular weight excluding hydrogens is 184 g/mol. The molecule has 2 unspecified atom stereocenters. The molecule has 2 aliphatic rings. The maximum absolute atomic E-state index is 3.64. The van der Waals surface area contributed by atoms with Gasteiger partial charge in [-0.3, -0.25) is 0 Å². The van der Waals surface area contributed by atoms with Crippen LogP contribution in [-0.2, 0) is 12.0 Å². The quantitative estimate of drug-likeness (QED) is 0.740. The molecule has 0 bridgehead atoms. The molecule has 1 heteroatoms. The van der Waals surface area contributed by atoms with Crippen molar-refractivity contribution < 1.29 is 0 Å². The van der Waals surface area contributed by atoms with Crippen LogP contribution >= 0.6 is 0 Å². The van der Waals surface area contributed by atoms with Gasteiger partial charge in [-0.15, -0.1) is 0 Å². The van der Waals surface area contributed by atoms with E-state index in [1.165, 1.54) is 32.1 Å². The fourth-order valence-corrected chi connectivity index (χ4v) is 3.74. The second-order valence-electron chi connectivity index (χ2n) is 5.03. The second kappa shape index (κ2) is 3.34.